The van der Waals surface area contributed by atoms with Crippen LogP contribution in [0.3, 0.4) is 0 Å². The van der Waals surface area contributed by atoms with Crippen LogP contribution in [0.1, 0.15) is 23.0 Å². The van der Waals surface area contributed by atoms with Crippen LogP contribution in [0.4, 0.5) is 0 Å². The van der Waals surface area contributed by atoms with E-state index < -0.39 is 17.2 Å². The molecule has 0 unspecified atom stereocenters. The van der Waals surface area contributed by atoms with E-state index in [0.717, 1.165) is 10.8 Å². The van der Waals surface area contributed by atoms with Gasteiger partial charge in [0.15, 0.2) is 0 Å². The van der Waals surface area contributed by atoms with Crippen molar-refractivity contribution in [2.45, 2.75) is 19.9 Å². The fourth-order valence-electron chi connectivity index (χ4n) is 2.81. The second-order valence-corrected chi connectivity index (χ2v) is 6.37. The number of rotatable bonds is 7. The third-order valence-electron chi connectivity index (χ3n) is 4.49. The van der Waals surface area contributed by atoms with Crippen LogP contribution in [0.5, 0.6) is 5.75 Å². The van der Waals surface area contributed by atoms with Gasteiger partial charge in [0, 0.05) is 31.0 Å². The lowest BCUT2D eigenvalue weighted by molar-refractivity contribution is 0.0949. The molecular weight excluding hydrogens is 390 g/mol. The molecule has 3 aromatic rings. The molecule has 0 aliphatic rings. The highest BCUT2D eigenvalue weighted by atomic mass is 16.5. The lowest BCUT2D eigenvalue weighted by Crippen LogP contribution is -2.40. The van der Waals surface area contributed by atoms with Gasteiger partial charge in [0.1, 0.15) is 11.3 Å². The van der Waals surface area contributed by atoms with Crippen molar-refractivity contribution < 1.29 is 9.53 Å². The molecule has 156 valence electrons. The molecule has 0 atom stereocenters. The van der Waals surface area contributed by atoms with Gasteiger partial charge in [-0.25, -0.2) is 14.3 Å². The van der Waals surface area contributed by atoms with Gasteiger partial charge in [-0.05, 0) is 30.7 Å². The highest BCUT2D eigenvalue weighted by Gasteiger charge is 2.15. The minimum atomic E-state index is -0.757. The van der Waals surface area contributed by atoms with E-state index in [1.54, 1.807) is 12.1 Å². The zero-order valence-corrected chi connectivity index (χ0v) is 16.5. The topological polar surface area (TPSA) is 128 Å². The van der Waals surface area contributed by atoms with E-state index in [9.17, 15) is 19.2 Å². The van der Waals surface area contributed by atoms with Crippen molar-refractivity contribution in [3.8, 4) is 11.4 Å². The van der Waals surface area contributed by atoms with Crippen molar-refractivity contribution in [2.75, 3.05) is 13.7 Å². The summed E-state index contributed by atoms with van der Waals surface area (Å²) in [6.45, 7) is 2.19. The number of benzene rings is 1. The Morgan fingerprint density at radius 2 is 1.93 bits per heavy atom. The Hall–Kier alpha value is -3.95. The number of aromatic nitrogens is 4. The van der Waals surface area contributed by atoms with Gasteiger partial charge in [-0.15, -0.1) is 0 Å². The highest BCUT2D eigenvalue weighted by molar-refractivity contribution is 5.93. The Balaban J connectivity index is 1.77. The summed E-state index contributed by atoms with van der Waals surface area (Å²) >= 11 is 0. The molecule has 0 radical (unpaired) electrons. The molecule has 0 aliphatic heterocycles. The van der Waals surface area contributed by atoms with Gasteiger partial charge in [-0.3, -0.25) is 19.0 Å². The molecule has 0 bridgehead atoms. The molecule has 3 rings (SSSR count). The second-order valence-electron chi connectivity index (χ2n) is 6.37. The number of amides is 1. The van der Waals surface area contributed by atoms with Gasteiger partial charge in [0.25, 0.3) is 17.0 Å². The molecule has 0 saturated heterocycles. The van der Waals surface area contributed by atoms with Gasteiger partial charge < -0.3 is 15.0 Å². The number of nitrogens with zero attached hydrogens (tertiary/aromatic N) is 3. The van der Waals surface area contributed by atoms with Crippen LogP contribution in [0.25, 0.3) is 5.69 Å². The smallest absolute Gasteiger partial charge is 0.333 e. The van der Waals surface area contributed by atoms with E-state index in [1.807, 2.05) is 6.92 Å². The SMILES string of the molecule is CCc1cc(=O)n(CCNC(=O)c2c[nH]c(=O)n(-c3ccc(OC)cc3)c2=O)cn1. The number of ether oxygens (including phenoxy) is 1. The van der Waals surface area contributed by atoms with E-state index in [4.69, 9.17) is 4.74 Å². The number of carbonyl (C=O) groups is 1. The fraction of sp³-hybridized carbons (Fsp3) is 0.250. The Bertz CT molecular complexity index is 1220. The molecule has 1 amide bonds. The van der Waals surface area contributed by atoms with Crippen LogP contribution in [-0.2, 0) is 13.0 Å². The standard InChI is InChI=1S/C20H21N5O5/c1-3-13-10-17(26)24(12-23-13)9-8-21-18(27)16-11-22-20(29)25(19(16)28)14-4-6-15(30-2)7-5-14/h4-7,10-12H,3,8-9H2,1-2H3,(H,21,27)(H,22,29). The first-order valence-corrected chi connectivity index (χ1v) is 9.27. The van der Waals surface area contributed by atoms with Crippen LogP contribution in [0.15, 0.2) is 57.2 Å². The van der Waals surface area contributed by atoms with Crippen molar-refractivity contribution >= 4 is 5.91 Å². The van der Waals surface area contributed by atoms with E-state index in [1.165, 1.54) is 36.2 Å². The summed E-state index contributed by atoms with van der Waals surface area (Å²) in [5.74, 6) is -0.0986. The number of aryl methyl sites for hydroxylation is 1. The predicted octanol–water partition coefficient (Wildman–Crippen LogP) is 0.0835. The first-order valence-electron chi connectivity index (χ1n) is 9.27. The molecule has 2 heterocycles. The molecule has 2 aromatic heterocycles. The van der Waals surface area contributed by atoms with E-state index in [2.05, 4.69) is 15.3 Å². The average molecular weight is 411 g/mol. The Morgan fingerprint density at radius 1 is 1.20 bits per heavy atom. The van der Waals surface area contributed by atoms with E-state index in [-0.39, 0.29) is 24.2 Å². The minimum Gasteiger partial charge on any atom is -0.497 e. The average Bonchev–Trinajstić information content (AvgIpc) is 2.75. The lowest BCUT2D eigenvalue weighted by atomic mass is 10.2. The lowest BCUT2D eigenvalue weighted by Gasteiger charge is -2.09. The molecular formula is C20H21N5O5. The Kier molecular flexibility index (Phi) is 6.26. The molecule has 0 saturated carbocycles. The number of H-pyrrole nitrogens is 1. The highest BCUT2D eigenvalue weighted by Crippen LogP contribution is 2.12. The Labute approximate surface area is 170 Å². The summed E-state index contributed by atoms with van der Waals surface area (Å²) < 4.78 is 7.29. The summed E-state index contributed by atoms with van der Waals surface area (Å²) in [4.78, 5) is 55.9. The van der Waals surface area contributed by atoms with Gasteiger partial charge in [0.2, 0.25) is 0 Å². The van der Waals surface area contributed by atoms with Gasteiger partial charge in [-0.1, -0.05) is 6.92 Å². The maximum absolute atomic E-state index is 12.7. The maximum Gasteiger partial charge on any atom is 0.333 e. The minimum absolute atomic E-state index is 0.104. The summed E-state index contributed by atoms with van der Waals surface area (Å²) in [6, 6.07) is 7.72. The molecule has 0 fully saturated rings. The summed E-state index contributed by atoms with van der Waals surface area (Å²) in [5.41, 5.74) is -0.889. The van der Waals surface area contributed by atoms with Crippen molar-refractivity contribution in [3.05, 3.63) is 85.3 Å². The van der Waals surface area contributed by atoms with Gasteiger partial charge in [-0.2, -0.15) is 0 Å². The van der Waals surface area contributed by atoms with Crippen molar-refractivity contribution in [1.29, 1.82) is 0 Å². The van der Waals surface area contributed by atoms with Crippen molar-refractivity contribution in [3.63, 3.8) is 0 Å². The van der Waals surface area contributed by atoms with Gasteiger partial charge >= 0.3 is 5.69 Å². The molecule has 2 N–H and O–H groups in total. The molecule has 10 nitrogen and oxygen atoms in total. The van der Waals surface area contributed by atoms with Gasteiger partial charge in [0.05, 0.1) is 19.1 Å². The fourth-order valence-corrected chi connectivity index (χ4v) is 2.81. The molecule has 0 aliphatic carbocycles. The molecule has 1 aromatic carbocycles. The zero-order valence-electron chi connectivity index (χ0n) is 16.5. The number of methoxy groups -OCH3 is 1. The maximum atomic E-state index is 12.7. The van der Waals surface area contributed by atoms with E-state index in [0.29, 0.717) is 23.6 Å². The first kappa shape index (κ1) is 20.8. The summed E-state index contributed by atoms with van der Waals surface area (Å²) in [5, 5.41) is 2.58. The quantitative estimate of drug-likeness (QED) is 0.567. The Morgan fingerprint density at radius 3 is 2.57 bits per heavy atom. The number of hydrogen-bond acceptors (Lipinski definition) is 6. The number of aromatic amines is 1. The van der Waals surface area contributed by atoms with E-state index >= 15 is 0 Å². The normalized spacial score (nSPS) is 10.6. The first-order chi connectivity index (χ1) is 14.4. The monoisotopic (exact) mass is 411 g/mol. The molecule has 10 heteroatoms. The predicted molar refractivity (Wildman–Crippen MR) is 109 cm³/mol. The summed E-state index contributed by atoms with van der Waals surface area (Å²) in [7, 11) is 1.50. The third kappa shape index (κ3) is 4.37. The largest absolute Gasteiger partial charge is 0.497 e. The third-order valence-corrected chi connectivity index (χ3v) is 4.49. The number of nitrogens with one attached hydrogen (secondary N) is 2. The number of hydrogen-bond donors (Lipinski definition) is 2. The molecule has 30 heavy (non-hydrogen) atoms. The van der Waals surface area contributed by atoms with Crippen LogP contribution in [0, 0.1) is 0 Å². The van der Waals surface area contributed by atoms with Crippen molar-refractivity contribution in [2.24, 2.45) is 0 Å². The van der Waals surface area contributed by atoms with Crippen LogP contribution >= 0.6 is 0 Å². The molecule has 0 spiro atoms. The van der Waals surface area contributed by atoms with Crippen LogP contribution in [-0.4, -0.2) is 38.7 Å². The van der Waals surface area contributed by atoms with Crippen LogP contribution < -0.4 is 26.9 Å². The van der Waals surface area contributed by atoms with Crippen molar-refractivity contribution in [1.82, 2.24) is 24.4 Å². The summed E-state index contributed by atoms with van der Waals surface area (Å²) in [6.07, 6.45) is 3.15. The number of carbonyl (C=O) groups excluding carboxylic acids is 1. The van der Waals surface area contributed by atoms with Crippen LogP contribution in [0.2, 0.25) is 0 Å². The zero-order chi connectivity index (χ0) is 21.7. The second kappa shape index (κ2) is 9.03.